The number of hydrogen-bond acceptors (Lipinski definition) is 6. The van der Waals surface area contributed by atoms with E-state index in [1.807, 2.05) is 36.4 Å². The maximum atomic E-state index is 13.0. The zero-order chi connectivity index (χ0) is 21.2. The van der Waals surface area contributed by atoms with Crippen LogP contribution in [0, 0.1) is 0 Å². The molecule has 8 heteroatoms. The highest BCUT2D eigenvalue weighted by atomic mass is 35.5. The van der Waals surface area contributed by atoms with E-state index in [1.54, 1.807) is 30.6 Å². The second-order valence-corrected chi connectivity index (χ2v) is 7.14. The number of para-hydroxylation sites is 1. The highest BCUT2D eigenvalue weighted by Crippen LogP contribution is 2.36. The minimum Gasteiger partial charge on any atom is -0.454 e. The molecule has 1 N–H and O–H groups in total. The molecule has 0 saturated heterocycles. The second-order valence-electron chi connectivity index (χ2n) is 6.73. The summed E-state index contributed by atoms with van der Waals surface area (Å²) in [6.07, 6.45) is 4.84. The summed E-state index contributed by atoms with van der Waals surface area (Å²) in [6.45, 7) is 0.151. The maximum absolute atomic E-state index is 13.0. The summed E-state index contributed by atoms with van der Waals surface area (Å²) in [5.74, 6) is 0.805. The van der Waals surface area contributed by atoms with Crippen LogP contribution in [0.5, 0.6) is 11.5 Å². The van der Waals surface area contributed by atoms with Gasteiger partial charge in [0.2, 0.25) is 6.79 Å². The minimum atomic E-state index is -0.359. The molecule has 0 aliphatic carbocycles. The number of hydrogen-bond donors (Lipinski definition) is 1. The van der Waals surface area contributed by atoms with Gasteiger partial charge in [-0.3, -0.25) is 9.78 Å². The monoisotopic (exact) mass is 430 g/mol. The van der Waals surface area contributed by atoms with Crippen LogP contribution in [0.2, 0.25) is 5.02 Å². The van der Waals surface area contributed by atoms with Gasteiger partial charge in [-0.05, 0) is 30.3 Å². The Hall–Kier alpha value is -3.97. The van der Waals surface area contributed by atoms with E-state index in [2.05, 4.69) is 20.5 Å². The lowest BCUT2D eigenvalue weighted by molar-refractivity contribution is 0.0956. The molecule has 31 heavy (non-hydrogen) atoms. The number of fused-ring (bicyclic) bond motifs is 2. The highest BCUT2D eigenvalue weighted by Gasteiger charge is 2.16. The number of hydrazone groups is 1. The van der Waals surface area contributed by atoms with Gasteiger partial charge in [0.1, 0.15) is 0 Å². The molecule has 0 bridgehead atoms. The Kier molecular flexibility index (Phi) is 4.93. The lowest BCUT2D eigenvalue weighted by Crippen LogP contribution is -2.18. The van der Waals surface area contributed by atoms with E-state index in [0.717, 1.165) is 10.9 Å². The predicted molar refractivity (Wildman–Crippen MR) is 118 cm³/mol. The van der Waals surface area contributed by atoms with Crippen LogP contribution in [0.1, 0.15) is 15.9 Å². The van der Waals surface area contributed by atoms with Crippen molar-refractivity contribution in [3.05, 3.63) is 83.1 Å². The fraction of sp³-hybridized carbons (Fsp3) is 0.0435. The first kappa shape index (κ1) is 19.0. The van der Waals surface area contributed by atoms with Crippen LogP contribution in [0.25, 0.3) is 22.2 Å². The molecule has 0 fully saturated rings. The lowest BCUT2D eigenvalue weighted by Gasteiger charge is -2.09. The van der Waals surface area contributed by atoms with E-state index in [-0.39, 0.29) is 12.7 Å². The SMILES string of the molecule is O=C(N/N=C\c1cc2c(cc1Cl)OCO2)c1cc(-c2ccncc2)nc2ccccc12. The van der Waals surface area contributed by atoms with Crippen LogP contribution >= 0.6 is 11.6 Å². The van der Waals surface area contributed by atoms with E-state index in [1.165, 1.54) is 6.21 Å². The van der Waals surface area contributed by atoms with Gasteiger partial charge in [0.25, 0.3) is 5.91 Å². The van der Waals surface area contributed by atoms with Crippen LogP contribution in [0.15, 0.2) is 72.1 Å². The van der Waals surface area contributed by atoms with Crippen LogP contribution < -0.4 is 14.9 Å². The molecule has 2 aromatic carbocycles. The third kappa shape index (κ3) is 3.78. The fourth-order valence-corrected chi connectivity index (χ4v) is 3.49. The van der Waals surface area contributed by atoms with Crippen molar-refractivity contribution < 1.29 is 14.3 Å². The highest BCUT2D eigenvalue weighted by molar-refractivity contribution is 6.33. The molecule has 0 saturated carbocycles. The molecule has 4 aromatic rings. The molecule has 1 amide bonds. The van der Waals surface area contributed by atoms with Crippen molar-refractivity contribution in [1.82, 2.24) is 15.4 Å². The van der Waals surface area contributed by atoms with Gasteiger partial charge >= 0.3 is 0 Å². The van der Waals surface area contributed by atoms with E-state index in [9.17, 15) is 4.79 Å². The fourth-order valence-electron chi connectivity index (χ4n) is 3.29. The van der Waals surface area contributed by atoms with Gasteiger partial charge in [0.15, 0.2) is 11.5 Å². The minimum absolute atomic E-state index is 0.151. The van der Waals surface area contributed by atoms with Crippen molar-refractivity contribution in [2.45, 2.75) is 0 Å². The predicted octanol–water partition coefficient (Wildman–Crippen LogP) is 4.44. The number of carbonyl (C=O) groups is 1. The number of ether oxygens (including phenoxy) is 2. The first-order valence-electron chi connectivity index (χ1n) is 9.42. The first-order chi connectivity index (χ1) is 15.2. The lowest BCUT2D eigenvalue weighted by atomic mass is 10.0. The Bertz CT molecular complexity index is 1330. The number of pyridine rings is 2. The Labute approximate surface area is 182 Å². The topological polar surface area (TPSA) is 85.7 Å². The number of rotatable bonds is 4. The molecular formula is C23H15ClN4O3. The van der Waals surface area contributed by atoms with Gasteiger partial charge in [0.05, 0.1) is 28.0 Å². The van der Waals surface area contributed by atoms with Crippen molar-refractivity contribution >= 4 is 34.6 Å². The summed E-state index contributed by atoms with van der Waals surface area (Å²) in [7, 11) is 0. The van der Waals surface area contributed by atoms with E-state index in [0.29, 0.717) is 38.9 Å². The molecule has 0 spiro atoms. The number of halogens is 1. The van der Waals surface area contributed by atoms with Crippen molar-refractivity contribution in [3.63, 3.8) is 0 Å². The number of aromatic nitrogens is 2. The Morgan fingerprint density at radius 2 is 1.84 bits per heavy atom. The van der Waals surface area contributed by atoms with Crippen LogP contribution in [-0.2, 0) is 0 Å². The second kappa shape index (κ2) is 8.04. The van der Waals surface area contributed by atoms with E-state index in [4.69, 9.17) is 21.1 Å². The molecule has 3 heterocycles. The van der Waals surface area contributed by atoms with E-state index < -0.39 is 0 Å². The average molecular weight is 431 g/mol. The summed E-state index contributed by atoms with van der Waals surface area (Å²) >= 11 is 6.25. The average Bonchev–Trinajstić information content (AvgIpc) is 3.26. The quantitative estimate of drug-likeness (QED) is 0.382. The summed E-state index contributed by atoms with van der Waals surface area (Å²) in [5, 5.41) is 5.25. The maximum Gasteiger partial charge on any atom is 0.272 e. The summed E-state index contributed by atoms with van der Waals surface area (Å²) in [5.41, 5.74) is 5.89. The molecule has 0 atom stereocenters. The number of benzene rings is 2. The molecule has 0 unspecified atom stereocenters. The molecule has 2 aromatic heterocycles. The molecule has 152 valence electrons. The number of amides is 1. The van der Waals surface area contributed by atoms with Crippen molar-refractivity contribution in [2.75, 3.05) is 6.79 Å². The Morgan fingerprint density at radius 1 is 1.06 bits per heavy atom. The van der Waals surface area contributed by atoms with Gasteiger partial charge in [0, 0.05) is 35.0 Å². The zero-order valence-corrected chi connectivity index (χ0v) is 16.8. The largest absolute Gasteiger partial charge is 0.454 e. The molecular weight excluding hydrogens is 416 g/mol. The van der Waals surface area contributed by atoms with Gasteiger partial charge in [-0.1, -0.05) is 29.8 Å². The van der Waals surface area contributed by atoms with Gasteiger partial charge in [-0.25, -0.2) is 10.4 Å². The first-order valence-corrected chi connectivity index (χ1v) is 9.79. The molecule has 7 nitrogen and oxygen atoms in total. The van der Waals surface area contributed by atoms with Crippen molar-refractivity contribution in [2.24, 2.45) is 5.10 Å². The standard InChI is InChI=1S/C23H15ClN4O3/c24-18-11-22-21(30-13-31-22)9-15(18)12-26-28-23(29)17-10-20(14-5-7-25-8-6-14)27-19-4-2-1-3-16(17)19/h1-12H,13H2,(H,28,29)/b26-12-. The zero-order valence-electron chi connectivity index (χ0n) is 16.1. The Morgan fingerprint density at radius 3 is 2.68 bits per heavy atom. The van der Waals surface area contributed by atoms with Crippen LogP contribution in [-0.4, -0.2) is 28.9 Å². The van der Waals surface area contributed by atoms with Crippen molar-refractivity contribution in [1.29, 1.82) is 0 Å². The number of carbonyl (C=O) groups excluding carboxylic acids is 1. The smallest absolute Gasteiger partial charge is 0.272 e. The van der Waals surface area contributed by atoms with E-state index >= 15 is 0 Å². The summed E-state index contributed by atoms with van der Waals surface area (Å²) in [6, 6.07) is 16.3. The molecule has 1 aliphatic heterocycles. The molecule has 0 radical (unpaired) electrons. The van der Waals surface area contributed by atoms with Crippen LogP contribution in [0.4, 0.5) is 0 Å². The normalized spacial score (nSPS) is 12.4. The van der Waals surface area contributed by atoms with Crippen LogP contribution in [0.3, 0.4) is 0 Å². The Balaban J connectivity index is 1.45. The third-order valence-corrected chi connectivity index (χ3v) is 5.13. The molecule has 5 rings (SSSR count). The summed E-state index contributed by atoms with van der Waals surface area (Å²) in [4.78, 5) is 21.7. The van der Waals surface area contributed by atoms with Crippen molar-refractivity contribution in [3.8, 4) is 22.8 Å². The number of nitrogens with one attached hydrogen (secondary N) is 1. The van der Waals surface area contributed by atoms with Gasteiger partial charge in [-0.2, -0.15) is 5.10 Å². The van der Waals surface area contributed by atoms with Gasteiger partial charge < -0.3 is 9.47 Å². The van der Waals surface area contributed by atoms with Gasteiger partial charge in [-0.15, -0.1) is 0 Å². The number of nitrogens with zero attached hydrogens (tertiary/aromatic N) is 3. The summed E-state index contributed by atoms with van der Waals surface area (Å²) < 4.78 is 10.6. The molecule has 1 aliphatic rings. The third-order valence-electron chi connectivity index (χ3n) is 4.80.